The van der Waals surface area contributed by atoms with Crippen molar-refractivity contribution in [3.8, 4) is 5.75 Å². The Morgan fingerprint density at radius 1 is 1.50 bits per heavy atom. The summed E-state index contributed by atoms with van der Waals surface area (Å²) in [6.45, 7) is 0. The summed E-state index contributed by atoms with van der Waals surface area (Å²) in [5.74, 6) is -0.850. The van der Waals surface area contributed by atoms with Crippen LogP contribution in [0.15, 0.2) is 24.4 Å². The highest BCUT2D eigenvalue weighted by Crippen LogP contribution is 2.23. The second kappa shape index (κ2) is 3.86. The number of hydrogen-bond donors (Lipinski definition) is 4. The molecule has 1 aromatic heterocycles. The van der Waals surface area contributed by atoms with E-state index in [-0.39, 0.29) is 12.2 Å². The van der Waals surface area contributed by atoms with Crippen LogP contribution in [-0.2, 0) is 11.2 Å². The largest absolute Gasteiger partial charge is 0.508 e. The van der Waals surface area contributed by atoms with Crippen LogP contribution in [0.5, 0.6) is 5.75 Å². The van der Waals surface area contributed by atoms with Crippen LogP contribution in [0.4, 0.5) is 0 Å². The van der Waals surface area contributed by atoms with Crippen molar-refractivity contribution in [3.05, 3.63) is 30.0 Å². The van der Waals surface area contributed by atoms with Gasteiger partial charge in [0, 0.05) is 29.6 Å². The average Bonchev–Trinajstić information content (AvgIpc) is 2.60. The number of hydrogen-bond acceptors (Lipinski definition) is 3. The molecule has 84 valence electrons. The van der Waals surface area contributed by atoms with Gasteiger partial charge in [0.1, 0.15) is 11.8 Å². The second-order valence-electron chi connectivity index (χ2n) is 3.69. The highest BCUT2D eigenvalue weighted by atomic mass is 16.4. The number of carboxylic acid groups (broad SMARTS) is 1. The average molecular weight is 220 g/mol. The van der Waals surface area contributed by atoms with Crippen LogP contribution in [0.1, 0.15) is 5.56 Å². The summed E-state index contributed by atoms with van der Waals surface area (Å²) in [5, 5.41) is 18.9. The van der Waals surface area contributed by atoms with Crippen molar-refractivity contribution in [3.63, 3.8) is 0 Å². The van der Waals surface area contributed by atoms with Crippen LogP contribution in [0.25, 0.3) is 10.9 Å². The zero-order valence-electron chi connectivity index (χ0n) is 8.47. The number of aromatic amines is 1. The summed E-state index contributed by atoms with van der Waals surface area (Å²) >= 11 is 0. The Hall–Kier alpha value is -2.01. The van der Waals surface area contributed by atoms with E-state index in [4.69, 9.17) is 10.8 Å². The van der Waals surface area contributed by atoms with Gasteiger partial charge in [-0.1, -0.05) is 0 Å². The zero-order valence-corrected chi connectivity index (χ0v) is 8.47. The molecule has 5 heteroatoms. The van der Waals surface area contributed by atoms with Gasteiger partial charge in [-0.25, -0.2) is 0 Å². The lowest BCUT2D eigenvalue weighted by molar-refractivity contribution is -0.138. The quantitative estimate of drug-likeness (QED) is 0.615. The Morgan fingerprint density at radius 3 is 2.94 bits per heavy atom. The minimum Gasteiger partial charge on any atom is -0.508 e. The van der Waals surface area contributed by atoms with E-state index >= 15 is 0 Å². The van der Waals surface area contributed by atoms with Gasteiger partial charge in [-0.2, -0.15) is 0 Å². The maximum atomic E-state index is 10.6. The Kier molecular flexibility index (Phi) is 2.54. The molecule has 5 N–H and O–H groups in total. The molecule has 1 atom stereocenters. The van der Waals surface area contributed by atoms with E-state index in [1.54, 1.807) is 24.4 Å². The molecule has 0 radical (unpaired) electrons. The molecule has 2 rings (SSSR count). The summed E-state index contributed by atoms with van der Waals surface area (Å²) in [6, 6.07) is 3.98. The molecule has 0 aliphatic carbocycles. The molecule has 0 bridgehead atoms. The molecule has 0 saturated heterocycles. The fraction of sp³-hybridized carbons (Fsp3) is 0.182. The molecule has 0 unspecified atom stereocenters. The third-order valence-corrected chi connectivity index (χ3v) is 2.51. The number of aromatic nitrogens is 1. The summed E-state index contributed by atoms with van der Waals surface area (Å²) < 4.78 is 0. The van der Waals surface area contributed by atoms with Crippen molar-refractivity contribution in [1.29, 1.82) is 0 Å². The van der Waals surface area contributed by atoms with E-state index in [1.165, 1.54) is 0 Å². The fourth-order valence-electron chi connectivity index (χ4n) is 1.67. The first-order valence-electron chi connectivity index (χ1n) is 4.85. The predicted octanol–water partition coefficient (Wildman–Crippen LogP) is 0.828. The molecule has 16 heavy (non-hydrogen) atoms. The van der Waals surface area contributed by atoms with E-state index in [0.717, 1.165) is 16.5 Å². The summed E-state index contributed by atoms with van der Waals surface area (Å²) in [5.41, 5.74) is 7.07. The van der Waals surface area contributed by atoms with Crippen LogP contribution in [0, 0.1) is 0 Å². The molecule has 2 aromatic rings. The number of phenols is 1. The Bertz CT molecular complexity index is 533. The molecule has 0 saturated carbocycles. The van der Waals surface area contributed by atoms with Gasteiger partial charge >= 0.3 is 5.97 Å². The first kappa shape index (κ1) is 10.5. The molecule has 0 spiro atoms. The number of aliphatic carboxylic acids is 1. The highest BCUT2D eigenvalue weighted by Gasteiger charge is 2.14. The molecule has 0 aliphatic rings. The van der Waals surface area contributed by atoms with Gasteiger partial charge in [-0.05, 0) is 17.7 Å². The standard InChI is InChI=1S/C11H12N2O3/c12-9(11(15)16)3-6-5-13-10-4-7(14)1-2-8(6)10/h1-2,4-5,9,13-14H,3,12H2,(H,15,16)/t9-/m1/s1. The molecule has 0 amide bonds. The van der Waals surface area contributed by atoms with Gasteiger partial charge in [0.15, 0.2) is 0 Å². The second-order valence-corrected chi connectivity index (χ2v) is 3.69. The number of benzene rings is 1. The van der Waals surface area contributed by atoms with Gasteiger partial charge in [-0.3, -0.25) is 4.79 Å². The van der Waals surface area contributed by atoms with Crippen LogP contribution in [0.3, 0.4) is 0 Å². The predicted molar refractivity (Wildman–Crippen MR) is 59.3 cm³/mol. The number of phenolic OH excluding ortho intramolecular Hbond substituents is 1. The minimum atomic E-state index is -1.02. The van der Waals surface area contributed by atoms with Gasteiger partial charge in [-0.15, -0.1) is 0 Å². The van der Waals surface area contributed by atoms with Gasteiger partial charge in [0.05, 0.1) is 0 Å². The van der Waals surface area contributed by atoms with Gasteiger partial charge < -0.3 is 20.9 Å². The Balaban J connectivity index is 2.35. The number of rotatable bonds is 3. The number of carbonyl (C=O) groups is 1. The van der Waals surface area contributed by atoms with Crippen LogP contribution in [0.2, 0.25) is 0 Å². The first-order valence-corrected chi connectivity index (χ1v) is 4.85. The van der Waals surface area contributed by atoms with Crippen LogP contribution < -0.4 is 5.73 Å². The number of nitrogens with two attached hydrogens (primary N) is 1. The third-order valence-electron chi connectivity index (χ3n) is 2.51. The van der Waals surface area contributed by atoms with Crippen molar-refractivity contribution in [2.75, 3.05) is 0 Å². The molecule has 0 aliphatic heterocycles. The van der Waals surface area contributed by atoms with Crippen LogP contribution >= 0.6 is 0 Å². The van der Waals surface area contributed by atoms with Crippen molar-refractivity contribution in [1.82, 2.24) is 4.98 Å². The van der Waals surface area contributed by atoms with Crippen molar-refractivity contribution in [2.45, 2.75) is 12.5 Å². The summed E-state index contributed by atoms with van der Waals surface area (Å²) in [4.78, 5) is 13.6. The number of carboxylic acids is 1. The number of H-pyrrole nitrogens is 1. The van der Waals surface area contributed by atoms with Crippen molar-refractivity contribution < 1.29 is 15.0 Å². The van der Waals surface area contributed by atoms with Crippen molar-refractivity contribution in [2.24, 2.45) is 5.73 Å². The number of aromatic hydroxyl groups is 1. The number of nitrogens with one attached hydrogen (secondary N) is 1. The molecular weight excluding hydrogens is 208 g/mol. The molecule has 1 aromatic carbocycles. The van der Waals surface area contributed by atoms with E-state index in [9.17, 15) is 9.90 Å². The summed E-state index contributed by atoms with van der Waals surface area (Å²) in [6.07, 6.45) is 1.98. The van der Waals surface area contributed by atoms with Gasteiger partial charge in [0.25, 0.3) is 0 Å². The molecule has 5 nitrogen and oxygen atoms in total. The zero-order chi connectivity index (χ0) is 11.7. The van der Waals surface area contributed by atoms with Gasteiger partial charge in [0.2, 0.25) is 0 Å². The third kappa shape index (κ3) is 1.85. The Labute approximate surface area is 91.5 Å². The fourth-order valence-corrected chi connectivity index (χ4v) is 1.67. The molecular formula is C11H12N2O3. The monoisotopic (exact) mass is 220 g/mol. The smallest absolute Gasteiger partial charge is 0.320 e. The maximum Gasteiger partial charge on any atom is 0.320 e. The van der Waals surface area contributed by atoms with E-state index in [1.807, 2.05) is 0 Å². The lowest BCUT2D eigenvalue weighted by atomic mass is 10.1. The molecule has 0 fully saturated rings. The van der Waals surface area contributed by atoms with E-state index < -0.39 is 12.0 Å². The highest BCUT2D eigenvalue weighted by molar-refractivity contribution is 5.85. The first-order chi connectivity index (χ1) is 7.58. The lowest BCUT2D eigenvalue weighted by Crippen LogP contribution is -2.32. The summed E-state index contributed by atoms with van der Waals surface area (Å²) in [7, 11) is 0. The maximum absolute atomic E-state index is 10.6. The minimum absolute atomic E-state index is 0.170. The van der Waals surface area contributed by atoms with E-state index in [0.29, 0.717) is 0 Å². The molecule has 1 heterocycles. The van der Waals surface area contributed by atoms with Crippen molar-refractivity contribution >= 4 is 16.9 Å². The SMILES string of the molecule is N[C@H](Cc1c[nH]c2cc(O)ccc12)C(=O)O. The normalized spacial score (nSPS) is 12.8. The number of fused-ring (bicyclic) bond motifs is 1. The topological polar surface area (TPSA) is 99.3 Å². The van der Waals surface area contributed by atoms with E-state index in [2.05, 4.69) is 4.98 Å². The Morgan fingerprint density at radius 2 is 2.25 bits per heavy atom. The lowest BCUT2D eigenvalue weighted by Gasteiger charge is -2.04. The van der Waals surface area contributed by atoms with Crippen LogP contribution in [-0.4, -0.2) is 27.2 Å².